The number of carboxylic acid groups (broad SMARTS) is 1. The van der Waals surface area contributed by atoms with E-state index in [1.54, 1.807) is 30.3 Å². The zero-order valence-electron chi connectivity index (χ0n) is 12.8. The summed E-state index contributed by atoms with van der Waals surface area (Å²) in [7, 11) is 0. The van der Waals surface area contributed by atoms with Crippen LogP contribution in [-0.2, 0) is 6.61 Å². The summed E-state index contributed by atoms with van der Waals surface area (Å²) in [5, 5.41) is 19.1. The Morgan fingerprint density at radius 2 is 1.62 bits per heavy atom. The highest BCUT2D eigenvalue weighted by atomic mass is 16.5. The molecule has 0 spiro atoms. The van der Waals surface area contributed by atoms with Crippen LogP contribution in [0.1, 0.15) is 33.5 Å². The Kier molecular flexibility index (Phi) is 4.63. The van der Waals surface area contributed by atoms with Gasteiger partial charge in [-0.3, -0.25) is 0 Å². The molecular formula is C19H16O5. The molecule has 3 aromatic rings. The molecular weight excluding hydrogens is 308 g/mol. The first kappa shape index (κ1) is 15.8. The molecule has 0 bridgehead atoms. The highest BCUT2D eigenvalue weighted by molar-refractivity contribution is 5.84. The fourth-order valence-corrected chi connectivity index (χ4v) is 2.30. The molecule has 0 aliphatic carbocycles. The second-order valence-corrected chi connectivity index (χ2v) is 5.24. The van der Waals surface area contributed by atoms with Crippen molar-refractivity contribution in [3.63, 3.8) is 0 Å². The average molecular weight is 324 g/mol. The van der Waals surface area contributed by atoms with E-state index in [4.69, 9.17) is 14.3 Å². The quantitative estimate of drug-likeness (QED) is 0.723. The molecule has 0 radical (unpaired) electrons. The minimum Gasteiger partial charge on any atom is -0.486 e. The molecule has 2 N–H and O–H groups in total. The van der Waals surface area contributed by atoms with Gasteiger partial charge in [0.2, 0.25) is 5.76 Å². The first-order valence-electron chi connectivity index (χ1n) is 7.41. The van der Waals surface area contributed by atoms with Gasteiger partial charge in [0.25, 0.3) is 0 Å². The molecule has 122 valence electrons. The molecule has 1 unspecified atom stereocenters. The predicted molar refractivity (Wildman–Crippen MR) is 86.9 cm³/mol. The lowest BCUT2D eigenvalue weighted by Crippen LogP contribution is -2.00. The molecule has 0 fully saturated rings. The van der Waals surface area contributed by atoms with Gasteiger partial charge in [0.1, 0.15) is 24.2 Å². The molecule has 0 saturated heterocycles. The zero-order chi connectivity index (χ0) is 16.9. The summed E-state index contributed by atoms with van der Waals surface area (Å²) in [4.78, 5) is 10.7. The van der Waals surface area contributed by atoms with Gasteiger partial charge in [0, 0.05) is 0 Å². The van der Waals surface area contributed by atoms with Gasteiger partial charge in [-0.1, -0.05) is 42.5 Å². The maximum Gasteiger partial charge on any atom is 0.371 e. The van der Waals surface area contributed by atoms with E-state index in [0.717, 1.165) is 11.1 Å². The van der Waals surface area contributed by atoms with Gasteiger partial charge < -0.3 is 19.4 Å². The third-order valence-electron chi connectivity index (χ3n) is 3.56. The van der Waals surface area contributed by atoms with Crippen LogP contribution in [0, 0.1) is 0 Å². The van der Waals surface area contributed by atoms with Crippen LogP contribution < -0.4 is 4.74 Å². The van der Waals surface area contributed by atoms with Crippen LogP contribution in [0.5, 0.6) is 5.75 Å². The number of aliphatic hydroxyl groups excluding tert-OH is 1. The van der Waals surface area contributed by atoms with Crippen molar-refractivity contribution in [2.45, 2.75) is 12.7 Å². The summed E-state index contributed by atoms with van der Waals surface area (Å²) in [6.07, 6.45) is -0.691. The number of carboxylic acids is 1. The maximum atomic E-state index is 10.7. The lowest BCUT2D eigenvalue weighted by Gasteiger charge is -2.12. The topological polar surface area (TPSA) is 79.9 Å². The molecule has 0 saturated carbocycles. The average Bonchev–Trinajstić information content (AvgIpc) is 3.10. The predicted octanol–water partition coefficient (Wildman–Crippen LogP) is 3.64. The molecule has 0 amide bonds. The Labute approximate surface area is 138 Å². The fourth-order valence-electron chi connectivity index (χ4n) is 2.30. The van der Waals surface area contributed by atoms with Gasteiger partial charge in [-0.05, 0) is 35.4 Å². The lowest BCUT2D eigenvalue weighted by molar-refractivity contribution is 0.0658. The van der Waals surface area contributed by atoms with Crippen LogP contribution in [0.4, 0.5) is 0 Å². The summed E-state index contributed by atoms with van der Waals surface area (Å²) in [5.74, 6) is -0.191. The molecule has 1 atom stereocenters. The van der Waals surface area contributed by atoms with Gasteiger partial charge in [0.15, 0.2) is 0 Å². The van der Waals surface area contributed by atoms with Crippen molar-refractivity contribution >= 4 is 5.97 Å². The van der Waals surface area contributed by atoms with Crippen molar-refractivity contribution in [2.24, 2.45) is 0 Å². The van der Waals surface area contributed by atoms with Crippen molar-refractivity contribution in [2.75, 3.05) is 0 Å². The van der Waals surface area contributed by atoms with E-state index in [1.807, 2.05) is 30.3 Å². The normalized spacial score (nSPS) is 11.9. The van der Waals surface area contributed by atoms with E-state index < -0.39 is 12.1 Å². The highest BCUT2D eigenvalue weighted by Crippen LogP contribution is 2.24. The molecule has 5 heteroatoms. The van der Waals surface area contributed by atoms with Gasteiger partial charge in [-0.15, -0.1) is 0 Å². The van der Waals surface area contributed by atoms with E-state index >= 15 is 0 Å². The van der Waals surface area contributed by atoms with Crippen molar-refractivity contribution in [3.05, 3.63) is 89.4 Å². The van der Waals surface area contributed by atoms with E-state index in [9.17, 15) is 9.90 Å². The van der Waals surface area contributed by atoms with Crippen molar-refractivity contribution in [3.8, 4) is 5.75 Å². The Hall–Kier alpha value is -3.05. The largest absolute Gasteiger partial charge is 0.486 e. The summed E-state index contributed by atoms with van der Waals surface area (Å²) in [5.41, 5.74) is 1.59. The molecule has 0 aliphatic rings. The first-order chi connectivity index (χ1) is 11.6. The summed E-state index contributed by atoms with van der Waals surface area (Å²) in [6.45, 7) is 0.133. The standard InChI is InChI=1S/C19H16O5/c20-18(13-4-2-1-3-5-13)14-6-8-15(9-7-14)23-12-16-10-11-17(24-16)19(21)22/h1-11,18,20H,12H2,(H,21,22). The molecule has 5 nitrogen and oxygen atoms in total. The van der Waals surface area contributed by atoms with Crippen LogP contribution in [0.15, 0.2) is 71.1 Å². The number of hydrogen-bond acceptors (Lipinski definition) is 4. The van der Waals surface area contributed by atoms with E-state index in [2.05, 4.69) is 0 Å². The number of rotatable bonds is 6. The number of carbonyl (C=O) groups is 1. The summed E-state index contributed by atoms with van der Waals surface area (Å²) < 4.78 is 10.7. The Bertz CT molecular complexity index is 805. The summed E-state index contributed by atoms with van der Waals surface area (Å²) in [6, 6.07) is 19.4. The number of aliphatic hydroxyl groups is 1. The van der Waals surface area contributed by atoms with Crippen LogP contribution in [-0.4, -0.2) is 16.2 Å². The number of benzene rings is 2. The molecule has 0 aliphatic heterocycles. The van der Waals surface area contributed by atoms with Crippen molar-refractivity contribution in [1.29, 1.82) is 0 Å². The number of ether oxygens (including phenoxy) is 1. The Balaban J connectivity index is 1.63. The lowest BCUT2D eigenvalue weighted by atomic mass is 10.0. The second-order valence-electron chi connectivity index (χ2n) is 5.24. The van der Waals surface area contributed by atoms with Crippen molar-refractivity contribution < 1.29 is 24.2 Å². The van der Waals surface area contributed by atoms with Crippen LogP contribution in [0.25, 0.3) is 0 Å². The van der Waals surface area contributed by atoms with Crippen LogP contribution >= 0.6 is 0 Å². The molecule has 1 aromatic heterocycles. The monoisotopic (exact) mass is 324 g/mol. The van der Waals surface area contributed by atoms with Gasteiger partial charge in [-0.2, -0.15) is 0 Å². The third kappa shape index (κ3) is 3.64. The number of hydrogen-bond donors (Lipinski definition) is 2. The van der Waals surface area contributed by atoms with Crippen molar-refractivity contribution in [1.82, 2.24) is 0 Å². The number of aromatic carboxylic acids is 1. The minimum atomic E-state index is -1.11. The Morgan fingerprint density at radius 1 is 0.958 bits per heavy atom. The summed E-state index contributed by atoms with van der Waals surface area (Å²) >= 11 is 0. The minimum absolute atomic E-state index is 0.116. The van der Waals surface area contributed by atoms with Gasteiger partial charge >= 0.3 is 5.97 Å². The second kappa shape index (κ2) is 7.02. The smallest absolute Gasteiger partial charge is 0.371 e. The molecule has 2 aromatic carbocycles. The molecule has 1 heterocycles. The van der Waals surface area contributed by atoms with E-state index in [1.165, 1.54) is 6.07 Å². The number of furan rings is 1. The first-order valence-corrected chi connectivity index (χ1v) is 7.41. The third-order valence-corrected chi connectivity index (χ3v) is 3.56. The SMILES string of the molecule is O=C(O)c1ccc(COc2ccc(C(O)c3ccccc3)cc2)o1. The molecule has 3 rings (SSSR count). The van der Waals surface area contributed by atoms with Gasteiger partial charge in [-0.25, -0.2) is 4.79 Å². The van der Waals surface area contributed by atoms with Crippen LogP contribution in [0.3, 0.4) is 0 Å². The van der Waals surface area contributed by atoms with E-state index in [0.29, 0.717) is 11.5 Å². The Morgan fingerprint density at radius 3 is 2.25 bits per heavy atom. The zero-order valence-corrected chi connectivity index (χ0v) is 12.8. The molecule has 24 heavy (non-hydrogen) atoms. The fraction of sp³-hybridized carbons (Fsp3) is 0.105. The van der Waals surface area contributed by atoms with Gasteiger partial charge in [0.05, 0.1) is 0 Å². The maximum absolute atomic E-state index is 10.7. The van der Waals surface area contributed by atoms with E-state index in [-0.39, 0.29) is 12.4 Å². The highest BCUT2D eigenvalue weighted by Gasteiger charge is 2.11. The van der Waals surface area contributed by atoms with Crippen LogP contribution in [0.2, 0.25) is 0 Å².